The molecule has 2 aliphatic carbocycles. The summed E-state index contributed by atoms with van der Waals surface area (Å²) < 4.78 is 48.8. The van der Waals surface area contributed by atoms with E-state index in [2.05, 4.69) is 6.92 Å². The lowest BCUT2D eigenvalue weighted by Crippen LogP contribution is -2.49. The number of hydrogen-bond donors (Lipinski definition) is 1. The number of fused-ring (bicyclic) bond motifs is 1. The second-order valence-electron chi connectivity index (χ2n) is 11.2. The highest BCUT2D eigenvalue weighted by atomic mass is 19.4. The minimum Gasteiger partial charge on any atom is -0.490 e. The molecule has 0 aliphatic heterocycles. The van der Waals surface area contributed by atoms with Crippen molar-refractivity contribution in [3.8, 4) is 5.75 Å². The molecule has 3 atom stereocenters. The third-order valence-electron chi connectivity index (χ3n) is 8.52. The van der Waals surface area contributed by atoms with Gasteiger partial charge in [0.05, 0.1) is 12.0 Å². The monoisotopic (exact) mass is 476 g/mol. The summed E-state index contributed by atoms with van der Waals surface area (Å²) in [5.74, 6) is -0.364. The predicted octanol–water partition coefficient (Wildman–Crippen LogP) is 8.06. The maximum atomic E-state index is 14.3. The zero-order valence-electron chi connectivity index (χ0n) is 20.4. The van der Waals surface area contributed by atoms with E-state index in [-0.39, 0.29) is 40.4 Å². The van der Waals surface area contributed by atoms with Crippen molar-refractivity contribution in [2.24, 2.45) is 23.2 Å². The highest BCUT2D eigenvalue weighted by Crippen LogP contribution is 2.55. The van der Waals surface area contributed by atoms with Gasteiger partial charge < -0.3 is 9.84 Å². The highest BCUT2D eigenvalue weighted by Gasteiger charge is 2.51. The van der Waals surface area contributed by atoms with Crippen molar-refractivity contribution < 1.29 is 27.8 Å². The molecule has 2 aromatic rings. The van der Waals surface area contributed by atoms with Crippen molar-refractivity contribution in [3.05, 3.63) is 41.5 Å². The second kappa shape index (κ2) is 9.09. The fourth-order valence-electron chi connectivity index (χ4n) is 5.94. The molecule has 2 aliphatic rings. The van der Waals surface area contributed by atoms with Gasteiger partial charge in [0.25, 0.3) is 0 Å². The van der Waals surface area contributed by atoms with E-state index in [4.69, 9.17) is 4.74 Å². The zero-order valence-corrected chi connectivity index (χ0v) is 20.4. The normalized spacial score (nSPS) is 27.7. The predicted molar refractivity (Wildman–Crippen MR) is 127 cm³/mol. The summed E-state index contributed by atoms with van der Waals surface area (Å²) in [6.45, 7) is 8.14. The number of benzene rings is 2. The zero-order chi connectivity index (χ0) is 24.8. The molecular formula is C28H35F3O3. The van der Waals surface area contributed by atoms with Gasteiger partial charge in [0.15, 0.2) is 0 Å². The molecule has 0 heterocycles. The van der Waals surface area contributed by atoms with Gasteiger partial charge in [0.2, 0.25) is 0 Å². The van der Waals surface area contributed by atoms with Crippen molar-refractivity contribution in [1.29, 1.82) is 0 Å². The summed E-state index contributed by atoms with van der Waals surface area (Å²) in [4.78, 5) is 11.4. The second-order valence-corrected chi connectivity index (χ2v) is 11.2. The van der Waals surface area contributed by atoms with E-state index in [1.807, 2.05) is 26.8 Å². The first-order chi connectivity index (χ1) is 15.9. The van der Waals surface area contributed by atoms with Crippen molar-refractivity contribution in [3.63, 3.8) is 0 Å². The summed E-state index contributed by atoms with van der Waals surface area (Å²) >= 11 is 0. The summed E-state index contributed by atoms with van der Waals surface area (Å²) in [7, 11) is 0. The third kappa shape index (κ3) is 4.78. The highest BCUT2D eigenvalue weighted by molar-refractivity contribution is 5.89. The van der Waals surface area contributed by atoms with Gasteiger partial charge >= 0.3 is 12.1 Å². The lowest BCUT2D eigenvalue weighted by molar-refractivity contribution is -0.159. The molecular weight excluding hydrogens is 441 g/mol. The molecule has 0 aromatic heterocycles. The maximum absolute atomic E-state index is 14.3. The van der Waals surface area contributed by atoms with E-state index in [0.717, 1.165) is 37.7 Å². The Bertz CT molecular complexity index is 1050. The fraction of sp³-hybridized carbons (Fsp3) is 0.607. The van der Waals surface area contributed by atoms with Crippen LogP contribution in [0, 0.1) is 23.2 Å². The summed E-state index contributed by atoms with van der Waals surface area (Å²) in [5.41, 5.74) is -0.157. The Morgan fingerprint density at radius 3 is 2.38 bits per heavy atom. The van der Waals surface area contributed by atoms with Crippen LogP contribution in [0.15, 0.2) is 30.3 Å². The van der Waals surface area contributed by atoms with E-state index in [0.29, 0.717) is 17.7 Å². The maximum Gasteiger partial charge on any atom is 0.420 e. The molecule has 34 heavy (non-hydrogen) atoms. The van der Waals surface area contributed by atoms with Crippen molar-refractivity contribution in [1.82, 2.24) is 0 Å². The van der Waals surface area contributed by atoms with Gasteiger partial charge in [0, 0.05) is 0 Å². The molecule has 0 saturated heterocycles. The Kier molecular flexibility index (Phi) is 6.65. The first-order valence-corrected chi connectivity index (χ1v) is 12.4. The number of carboxylic acids is 1. The Hall–Kier alpha value is -2.24. The smallest absolute Gasteiger partial charge is 0.420 e. The number of carbonyl (C=O) groups is 1. The van der Waals surface area contributed by atoms with E-state index < -0.39 is 17.7 Å². The van der Waals surface area contributed by atoms with Crippen LogP contribution in [-0.2, 0) is 11.0 Å². The van der Waals surface area contributed by atoms with Gasteiger partial charge in [-0.2, -0.15) is 13.2 Å². The van der Waals surface area contributed by atoms with Crippen LogP contribution in [0.4, 0.5) is 13.2 Å². The van der Waals surface area contributed by atoms with Crippen LogP contribution in [0.1, 0.15) is 83.3 Å². The Balaban J connectivity index is 1.62. The van der Waals surface area contributed by atoms with Crippen LogP contribution in [0.2, 0.25) is 0 Å². The van der Waals surface area contributed by atoms with Crippen LogP contribution >= 0.6 is 0 Å². The van der Waals surface area contributed by atoms with E-state index in [1.54, 1.807) is 18.2 Å². The average Bonchev–Trinajstić information content (AvgIpc) is 2.76. The molecule has 186 valence electrons. The summed E-state index contributed by atoms with van der Waals surface area (Å²) in [6, 6.07) is 8.51. The average molecular weight is 477 g/mol. The molecule has 6 heteroatoms. The minimum atomic E-state index is -4.52. The Labute approximate surface area is 199 Å². The first-order valence-electron chi connectivity index (χ1n) is 12.4. The number of rotatable bonds is 6. The first kappa shape index (κ1) is 24.9. The third-order valence-corrected chi connectivity index (χ3v) is 8.52. The molecule has 3 nitrogen and oxygen atoms in total. The van der Waals surface area contributed by atoms with Gasteiger partial charge in [-0.25, -0.2) is 0 Å². The number of aliphatic carboxylic acids is 1. The van der Waals surface area contributed by atoms with Crippen LogP contribution in [-0.4, -0.2) is 17.2 Å². The number of halogens is 3. The number of hydrogen-bond acceptors (Lipinski definition) is 2. The van der Waals surface area contributed by atoms with E-state index in [1.165, 1.54) is 6.07 Å². The number of alkyl halides is 3. The van der Waals surface area contributed by atoms with Gasteiger partial charge in [-0.3, -0.25) is 4.79 Å². The molecule has 4 rings (SSSR count). The lowest BCUT2D eigenvalue weighted by atomic mass is 9.53. The quantitative estimate of drug-likeness (QED) is 0.459. The van der Waals surface area contributed by atoms with Gasteiger partial charge in [-0.15, -0.1) is 0 Å². The largest absolute Gasteiger partial charge is 0.490 e. The Morgan fingerprint density at radius 1 is 1.15 bits per heavy atom. The van der Waals surface area contributed by atoms with Gasteiger partial charge in [-0.1, -0.05) is 52.0 Å². The van der Waals surface area contributed by atoms with E-state index in [9.17, 15) is 23.1 Å². The van der Waals surface area contributed by atoms with Crippen LogP contribution in [0.5, 0.6) is 5.75 Å². The summed E-state index contributed by atoms with van der Waals surface area (Å²) in [6.07, 6.45) is 0.169. The van der Waals surface area contributed by atoms with Crippen LogP contribution in [0.25, 0.3) is 10.8 Å². The number of carboxylic acid groups (broad SMARTS) is 1. The van der Waals surface area contributed by atoms with Crippen molar-refractivity contribution >= 4 is 16.7 Å². The SMILES string of the molecule is CC1CCC(Oc2ccc3ccc(C(C)C[C@@H]4CC(C(=O)O)C4(C)C)cc3c2C(F)(F)F)CC1. The fourth-order valence-corrected chi connectivity index (χ4v) is 5.94. The van der Waals surface area contributed by atoms with Crippen molar-refractivity contribution in [2.75, 3.05) is 0 Å². The lowest BCUT2D eigenvalue weighted by Gasteiger charge is -2.51. The van der Waals surface area contributed by atoms with Crippen LogP contribution < -0.4 is 4.74 Å². The Morgan fingerprint density at radius 2 is 1.79 bits per heavy atom. The molecule has 0 amide bonds. The molecule has 2 saturated carbocycles. The molecule has 1 N–H and O–H groups in total. The molecule has 2 aromatic carbocycles. The molecule has 2 unspecified atom stereocenters. The molecule has 0 bridgehead atoms. The topological polar surface area (TPSA) is 46.5 Å². The van der Waals surface area contributed by atoms with Crippen molar-refractivity contribution in [2.45, 2.75) is 84.4 Å². The molecule has 0 radical (unpaired) electrons. The minimum absolute atomic E-state index is 0.0221. The molecule has 2 fully saturated rings. The summed E-state index contributed by atoms with van der Waals surface area (Å²) in [5, 5.41) is 10.1. The van der Waals surface area contributed by atoms with Crippen LogP contribution in [0.3, 0.4) is 0 Å². The van der Waals surface area contributed by atoms with Gasteiger partial charge in [0.1, 0.15) is 11.3 Å². The molecule has 0 spiro atoms. The van der Waals surface area contributed by atoms with Gasteiger partial charge in [-0.05, 0) is 84.1 Å². The van der Waals surface area contributed by atoms with E-state index >= 15 is 0 Å². The standard InChI is InChI=1S/C28H35F3O3/c1-16-5-10-21(11-6-16)34-24-12-9-18-7-8-19(14-22(18)25(24)28(29,30)31)17(2)13-20-15-23(26(32)33)27(20,3)4/h7-9,12,14,16-17,20-21,23H,5-6,10-11,13,15H2,1-4H3,(H,32,33)/t16?,17?,20-,21?,23?/m1/s1. The number of ether oxygens (including phenoxy) is 1.